The Kier molecular flexibility index (Phi) is 20.3. The highest BCUT2D eigenvalue weighted by molar-refractivity contribution is 5.92. The smallest absolute Gasteiger partial charge is 0.337 e. The molecule has 6 aromatic carbocycles. The summed E-state index contributed by atoms with van der Waals surface area (Å²) < 4.78 is 72.5. The maximum Gasteiger partial charge on any atom is 0.337 e. The van der Waals surface area contributed by atoms with Crippen molar-refractivity contribution in [1.29, 1.82) is 0 Å². The van der Waals surface area contributed by atoms with Crippen molar-refractivity contribution in [3.8, 4) is 50.6 Å². The van der Waals surface area contributed by atoms with Crippen LogP contribution in [0.2, 0.25) is 0 Å². The third-order valence-corrected chi connectivity index (χ3v) is 11.7. The summed E-state index contributed by atoms with van der Waals surface area (Å²) in [7, 11) is 8.11. The second kappa shape index (κ2) is 25.3. The van der Waals surface area contributed by atoms with Crippen molar-refractivity contribution in [3.63, 3.8) is 0 Å². The molecule has 0 aliphatic carbocycles. The Balaban J connectivity index is 0.000000243. The van der Waals surface area contributed by atoms with Gasteiger partial charge in [0.05, 0.1) is 76.2 Å². The zero-order chi connectivity index (χ0) is 56.3. The van der Waals surface area contributed by atoms with Crippen molar-refractivity contribution < 1.29 is 86.6 Å². The number of rotatable bonds is 15. The Morgan fingerprint density at radius 3 is 0.787 bits per heavy atom. The fourth-order valence-electron chi connectivity index (χ4n) is 7.49. The molecule has 0 heterocycles. The summed E-state index contributed by atoms with van der Waals surface area (Å²) in [6.45, 7) is 8.55. The van der Waals surface area contributed by atoms with Gasteiger partial charge in [0.25, 0.3) is 0 Å². The van der Waals surface area contributed by atoms with Gasteiger partial charge in [0.1, 0.15) is 53.0 Å². The Hall–Kier alpha value is -7.32. The first-order chi connectivity index (χ1) is 35.1. The molecule has 0 spiro atoms. The lowest BCUT2D eigenvalue weighted by atomic mass is 9.87. The molecule has 0 fully saturated rings. The largest absolute Gasteiger partial charge is 0.497 e. The monoisotopic (exact) mass is 1040 g/mol. The molecular weight excluding hydrogens is 982 g/mol. The summed E-state index contributed by atoms with van der Waals surface area (Å²) in [5.41, 5.74) is -1.70. The van der Waals surface area contributed by atoms with Crippen LogP contribution in [0.25, 0.3) is 33.4 Å². The molecule has 0 aliphatic rings. The molecule has 0 aliphatic heterocycles. The first-order valence-corrected chi connectivity index (χ1v) is 23.0. The average Bonchev–Trinajstić information content (AvgIpc) is 3.39. The SMILES string of the molecule is COC(=O)c1ccc(-c2cc(OC)ccc2F)c(C(O)C(C)(C)O)c1.COC(=O)c1ccc(-c2cc(OC)ccc2F)c([C@@H](O)C(C)(C)O)c1.COC(=O)c1ccc(-c2cc(OC)ccc2F)c([C@H](O)C(C)(C)O)c1. The number of hydrogen-bond acceptors (Lipinski definition) is 15. The zero-order valence-electron chi connectivity index (χ0n) is 43.6. The minimum absolute atomic E-state index is 0.188. The van der Waals surface area contributed by atoms with E-state index < -0.39 is 70.5 Å². The third kappa shape index (κ3) is 14.9. The molecule has 6 N–H and O–H groups in total. The van der Waals surface area contributed by atoms with Gasteiger partial charge in [0, 0.05) is 16.7 Å². The van der Waals surface area contributed by atoms with Crippen LogP contribution in [-0.2, 0) is 14.2 Å². The quantitative estimate of drug-likeness (QED) is 0.0416. The van der Waals surface area contributed by atoms with Gasteiger partial charge in [0.2, 0.25) is 0 Å². The van der Waals surface area contributed by atoms with Crippen LogP contribution in [-0.4, -0.2) is 108 Å². The fourth-order valence-corrected chi connectivity index (χ4v) is 7.49. The summed E-state index contributed by atoms with van der Waals surface area (Å²) >= 11 is 0. The lowest BCUT2D eigenvalue weighted by Crippen LogP contribution is -2.29. The van der Waals surface area contributed by atoms with E-state index in [1.165, 1.54) is 193 Å². The van der Waals surface area contributed by atoms with Gasteiger partial charge < -0.3 is 59.1 Å². The highest BCUT2D eigenvalue weighted by Gasteiger charge is 2.33. The molecule has 0 saturated heterocycles. The zero-order valence-corrected chi connectivity index (χ0v) is 43.6. The molecule has 1 unspecified atom stereocenters. The molecule has 6 rings (SSSR count). The lowest BCUT2D eigenvalue weighted by Gasteiger charge is -2.27. The molecule has 0 radical (unpaired) electrons. The van der Waals surface area contributed by atoms with Crippen LogP contribution in [0.4, 0.5) is 13.2 Å². The predicted molar refractivity (Wildman–Crippen MR) is 273 cm³/mol. The number of methoxy groups -OCH3 is 6. The molecule has 402 valence electrons. The molecule has 0 aromatic heterocycles. The van der Waals surface area contributed by atoms with Crippen molar-refractivity contribution in [2.24, 2.45) is 0 Å². The maximum absolute atomic E-state index is 14.4. The van der Waals surface area contributed by atoms with E-state index in [0.29, 0.717) is 33.9 Å². The molecule has 18 heteroatoms. The lowest BCUT2D eigenvalue weighted by molar-refractivity contribution is -0.0495. The molecule has 75 heavy (non-hydrogen) atoms. The van der Waals surface area contributed by atoms with E-state index in [1.54, 1.807) is 0 Å². The van der Waals surface area contributed by atoms with Crippen molar-refractivity contribution in [2.45, 2.75) is 76.7 Å². The Morgan fingerprint density at radius 2 is 0.600 bits per heavy atom. The first kappa shape index (κ1) is 60.2. The van der Waals surface area contributed by atoms with Crippen LogP contribution >= 0.6 is 0 Å². The minimum atomic E-state index is -1.50. The highest BCUT2D eigenvalue weighted by Crippen LogP contribution is 2.40. The highest BCUT2D eigenvalue weighted by atomic mass is 19.1. The Labute approximate surface area is 433 Å². The third-order valence-electron chi connectivity index (χ3n) is 11.7. The number of carbonyl (C=O) groups is 3. The van der Waals surface area contributed by atoms with Crippen LogP contribution in [0.3, 0.4) is 0 Å². The maximum atomic E-state index is 14.4. The molecule has 3 atom stereocenters. The van der Waals surface area contributed by atoms with Crippen LogP contribution in [0, 0.1) is 17.5 Å². The molecule has 6 aromatic rings. The van der Waals surface area contributed by atoms with Crippen LogP contribution < -0.4 is 14.2 Å². The number of aliphatic hydroxyl groups is 6. The second-order valence-electron chi connectivity index (χ2n) is 18.6. The van der Waals surface area contributed by atoms with Crippen molar-refractivity contribution >= 4 is 17.9 Å². The topological polar surface area (TPSA) is 228 Å². The van der Waals surface area contributed by atoms with E-state index in [1.807, 2.05) is 0 Å². The number of esters is 3. The van der Waals surface area contributed by atoms with Gasteiger partial charge >= 0.3 is 17.9 Å². The number of halogens is 3. The molecule has 15 nitrogen and oxygen atoms in total. The van der Waals surface area contributed by atoms with Crippen LogP contribution in [0.1, 0.15) is 108 Å². The van der Waals surface area contributed by atoms with Crippen LogP contribution in [0.15, 0.2) is 109 Å². The normalized spacial score (nSPS) is 12.6. The van der Waals surface area contributed by atoms with Crippen molar-refractivity contribution in [1.82, 2.24) is 0 Å². The molecular formula is C57H63F3O15. The number of aliphatic hydroxyl groups excluding tert-OH is 3. The molecule has 0 amide bonds. The summed E-state index contributed by atoms with van der Waals surface area (Å²) in [5.74, 6) is -2.01. The summed E-state index contributed by atoms with van der Waals surface area (Å²) in [4.78, 5) is 35.4. The minimum Gasteiger partial charge on any atom is -0.497 e. The average molecular weight is 1050 g/mol. The van der Waals surface area contributed by atoms with E-state index in [9.17, 15) is 58.2 Å². The first-order valence-electron chi connectivity index (χ1n) is 23.0. The van der Waals surface area contributed by atoms with Gasteiger partial charge in [-0.15, -0.1) is 0 Å². The van der Waals surface area contributed by atoms with E-state index in [4.69, 9.17) is 14.2 Å². The summed E-state index contributed by atoms with van der Waals surface area (Å²) in [6, 6.07) is 25.8. The fraction of sp³-hybridized carbons (Fsp3) is 0.316. The van der Waals surface area contributed by atoms with Gasteiger partial charge in [0.15, 0.2) is 0 Å². The van der Waals surface area contributed by atoms with E-state index in [0.717, 1.165) is 0 Å². The van der Waals surface area contributed by atoms with E-state index in [2.05, 4.69) is 14.2 Å². The number of ether oxygens (including phenoxy) is 6. The predicted octanol–water partition coefficient (Wildman–Crippen LogP) is 9.28. The Bertz CT molecular complexity index is 2660. The van der Waals surface area contributed by atoms with Crippen molar-refractivity contribution in [2.75, 3.05) is 42.7 Å². The summed E-state index contributed by atoms with van der Waals surface area (Å²) in [6.07, 6.45) is -4.05. The van der Waals surface area contributed by atoms with Gasteiger partial charge in [-0.25, -0.2) is 27.6 Å². The molecule has 0 bridgehead atoms. The van der Waals surface area contributed by atoms with Crippen LogP contribution in [0.5, 0.6) is 17.2 Å². The second-order valence-corrected chi connectivity index (χ2v) is 18.6. The summed E-state index contributed by atoms with van der Waals surface area (Å²) in [5, 5.41) is 62.2. The number of benzene rings is 6. The standard InChI is InChI=1S/3C19H21FO5/c3*1-19(2,23)17(21)15-9-11(18(22)25-4)5-7-13(15)14-10-12(24-3)6-8-16(14)20/h3*5-10,17,21,23H,1-4H3/t2*17-;/m10./s1. The van der Waals surface area contributed by atoms with Gasteiger partial charge in [-0.3, -0.25) is 0 Å². The Morgan fingerprint density at radius 1 is 0.373 bits per heavy atom. The number of hydrogen-bond donors (Lipinski definition) is 6. The van der Waals surface area contributed by atoms with Gasteiger partial charge in [-0.1, -0.05) is 18.2 Å². The van der Waals surface area contributed by atoms with E-state index >= 15 is 0 Å². The number of carbonyl (C=O) groups excluding carboxylic acids is 3. The van der Waals surface area contributed by atoms with E-state index in [-0.39, 0.29) is 50.1 Å². The van der Waals surface area contributed by atoms with Crippen molar-refractivity contribution in [3.05, 3.63) is 160 Å². The van der Waals surface area contributed by atoms with Gasteiger partial charge in [-0.05, 0) is 166 Å². The molecule has 0 saturated carbocycles. The van der Waals surface area contributed by atoms with Gasteiger partial charge in [-0.2, -0.15) is 0 Å².